The van der Waals surface area contributed by atoms with Gasteiger partial charge in [-0.1, -0.05) is 5.16 Å². The zero-order valence-electron chi connectivity index (χ0n) is 9.82. The summed E-state index contributed by atoms with van der Waals surface area (Å²) in [5.41, 5.74) is 8.01. The average molecular weight is 264 g/mol. The lowest BCUT2D eigenvalue weighted by molar-refractivity contribution is 0.0950. The van der Waals surface area contributed by atoms with Gasteiger partial charge in [-0.05, 0) is 24.8 Å². The fourth-order valence-electron chi connectivity index (χ4n) is 2.19. The maximum atomic E-state index is 11.4. The van der Waals surface area contributed by atoms with Crippen molar-refractivity contribution in [3.8, 4) is 11.5 Å². The van der Waals surface area contributed by atoms with E-state index in [1.807, 2.05) is 0 Å². The first-order chi connectivity index (χ1) is 8.70. The second-order valence-electron chi connectivity index (χ2n) is 4.10. The highest BCUT2D eigenvalue weighted by Crippen LogP contribution is 2.42. The van der Waals surface area contributed by atoms with Gasteiger partial charge >= 0.3 is 0 Å². The molecule has 2 aromatic rings. The number of amides is 1. The van der Waals surface area contributed by atoms with Crippen LogP contribution in [-0.4, -0.2) is 23.1 Å². The topological polar surface area (TPSA) is 94.0 Å². The van der Waals surface area contributed by atoms with Crippen molar-refractivity contribution >= 4 is 22.2 Å². The van der Waals surface area contributed by atoms with Gasteiger partial charge in [0.05, 0.1) is 10.6 Å². The van der Waals surface area contributed by atoms with Gasteiger partial charge in [0.2, 0.25) is 0 Å². The molecule has 0 saturated carbocycles. The van der Waals surface area contributed by atoms with Crippen LogP contribution >= 0.6 is 11.3 Å². The van der Waals surface area contributed by atoms with Crippen molar-refractivity contribution in [2.45, 2.75) is 19.3 Å². The van der Waals surface area contributed by atoms with Crippen molar-refractivity contribution in [1.29, 1.82) is 0 Å². The summed E-state index contributed by atoms with van der Waals surface area (Å²) < 4.78 is 5.14. The van der Waals surface area contributed by atoms with E-state index in [-0.39, 0.29) is 11.7 Å². The van der Waals surface area contributed by atoms with Gasteiger partial charge in [0.15, 0.2) is 0 Å². The SMILES string of the molecule is CNC(=O)c1noc(-c2c(N)sc3c2CCC3)n1. The van der Waals surface area contributed by atoms with Crippen LogP contribution < -0.4 is 11.1 Å². The highest BCUT2D eigenvalue weighted by atomic mass is 32.1. The highest BCUT2D eigenvalue weighted by Gasteiger charge is 2.26. The Labute approximate surface area is 107 Å². The van der Waals surface area contributed by atoms with Gasteiger partial charge in [-0.25, -0.2) is 0 Å². The molecule has 0 spiro atoms. The predicted octanol–water partition coefficient (Wildman–Crippen LogP) is 1.23. The second-order valence-corrected chi connectivity index (χ2v) is 5.24. The van der Waals surface area contributed by atoms with E-state index in [1.165, 1.54) is 17.5 Å². The number of hydrogen-bond donors (Lipinski definition) is 2. The molecule has 0 aromatic carbocycles. The maximum absolute atomic E-state index is 11.4. The van der Waals surface area contributed by atoms with Crippen molar-refractivity contribution in [2.75, 3.05) is 12.8 Å². The Hall–Kier alpha value is -1.89. The molecule has 3 rings (SSSR count). The zero-order chi connectivity index (χ0) is 12.7. The van der Waals surface area contributed by atoms with E-state index in [0.717, 1.165) is 24.8 Å². The number of nitrogens with zero attached hydrogens (tertiary/aromatic N) is 2. The summed E-state index contributed by atoms with van der Waals surface area (Å²) in [5.74, 6) is 0.00536. The number of fused-ring (bicyclic) bond motifs is 1. The van der Waals surface area contributed by atoms with E-state index in [4.69, 9.17) is 10.3 Å². The number of aryl methyl sites for hydroxylation is 1. The number of nitrogens with two attached hydrogens (primary N) is 1. The Morgan fingerprint density at radius 3 is 3.11 bits per heavy atom. The van der Waals surface area contributed by atoms with Crippen LogP contribution in [0.15, 0.2) is 4.52 Å². The Morgan fingerprint density at radius 2 is 2.33 bits per heavy atom. The standard InChI is InChI=1S/C11H12N4O2S/c1-13-10(16)9-14-11(17-15-9)7-5-3-2-4-6(5)18-8(7)12/h2-4,12H2,1H3,(H,13,16). The van der Waals surface area contributed by atoms with Crippen LogP contribution in [0.1, 0.15) is 27.5 Å². The second kappa shape index (κ2) is 4.09. The maximum Gasteiger partial charge on any atom is 0.292 e. The number of anilines is 1. The molecule has 1 aliphatic carbocycles. The third-order valence-electron chi connectivity index (χ3n) is 3.02. The van der Waals surface area contributed by atoms with Gasteiger partial charge in [-0.15, -0.1) is 11.3 Å². The molecule has 0 fully saturated rings. The summed E-state index contributed by atoms with van der Waals surface area (Å²) in [6.07, 6.45) is 3.17. The van der Waals surface area contributed by atoms with Gasteiger partial charge in [0.1, 0.15) is 0 Å². The minimum atomic E-state index is -0.365. The van der Waals surface area contributed by atoms with E-state index in [2.05, 4.69) is 15.5 Å². The summed E-state index contributed by atoms with van der Waals surface area (Å²) >= 11 is 1.57. The predicted molar refractivity (Wildman–Crippen MR) is 67.4 cm³/mol. The van der Waals surface area contributed by atoms with Gasteiger partial charge < -0.3 is 15.6 Å². The lowest BCUT2D eigenvalue weighted by atomic mass is 10.1. The Kier molecular flexibility index (Phi) is 2.55. The Balaban J connectivity index is 2.05. The molecular weight excluding hydrogens is 252 g/mol. The molecule has 0 atom stereocenters. The van der Waals surface area contributed by atoms with Gasteiger partial charge in [-0.2, -0.15) is 4.98 Å². The Morgan fingerprint density at radius 1 is 1.50 bits per heavy atom. The van der Waals surface area contributed by atoms with Crippen LogP contribution in [0, 0.1) is 0 Å². The summed E-state index contributed by atoms with van der Waals surface area (Å²) in [6, 6.07) is 0. The number of carbonyl (C=O) groups is 1. The quantitative estimate of drug-likeness (QED) is 0.850. The summed E-state index contributed by atoms with van der Waals surface area (Å²) in [6.45, 7) is 0. The van der Waals surface area contributed by atoms with E-state index in [9.17, 15) is 4.79 Å². The van der Waals surface area contributed by atoms with Gasteiger partial charge in [-0.3, -0.25) is 4.79 Å². The van der Waals surface area contributed by atoms with Crippen LogP contribution in [0.2, 0.25) is 0 Å². The van der Waals surface area contributed by atoms with E-state index >= 15 is 0 Å². The van der Waals surface area contributed by atoms with E-state index < -0.39 is 0 Å². The molecular formula is C11H12N4O2S. The van der Waals surface area contributed by atoms with Crippen LogP contribution in [0.3, 0.4) is 0 Å². The molecule has 1 amide bonds. The molecule has 3 N–H and O–H groups in total. The number of aromatic nitrogens is 2. The number of hydrogen-bond acceptors (Lipinski definition) is 6. The molecule has 0 saturated heterocycles. The molecule has 2 aromatic heterocycles. The molecule has 18 heavy (non-hydrogen) atoms. The van der Waals surface area contributed by atoms with E-state index in [1.54, 1.807) is 11.3 Å². The number of thiophene rings is 1. The van der Waals surface area contributed by atoms with Crippen molar-refractivity contribution < 1.29 is 9.32 Å². The number of rotatable bonds is 2. The molecule has 94 valence electrons. The highest BCUT2D eigenvalue weighted by molar-refractivity contribution is 7.16. The molecule has 7 heteroatoms. The molecule has 0 radical (unpaired) electrons. The normalized spacial score (nSPS) is 13.6. The number of nitrogen functional groups attached to an aromatic ring is 1. The minimum absolute atomic E-state index is 0.0323. The smallest absolute Gasteiger partial charge is 0.292 e. The van der Waals surface area contributed by atoms with E-state index in [0.29, 0.717) is 10.9 Å². The molecule has 1 aliphatic rings. The molecule has 6 nitrogen and oxygen atoms in total. The lowest BCUT2D eigenvalue weighted by Crippen LogP contribution is -2.19. The van der Waals surface area contributed by atoms with Crippen molar-refractivity contribution in [3.05, 3.63) is 16.3 Å². The largest absolute Gasteiger partial charge is 0.390 e. The first-order valence-corrected chi connectivity index (χ1v) is 6.48. The monoisotopic (exact) mass is 264 g/mol. The molecule has 0 unspecified atom stereocenters. The fraction of sp³-hybridized carbons (Fsp3) is 0.364. The van der Waals surface area contributed by atoms with Crippen LogP contribution in [-0.2, 0) is 12.8 Å². The van der Waals surface area contributed by atoms with Crippen LogP contribution in [0.5, 0.6) is 0 Å². The third-order valence-corrected chi connectivity index (χ3v) is 4.14. The first kappa shape index (κ1) is 11.2. The Bertz CT molecular complexity index is 617. The molecule has 2 heterocycles. The first-order valence-electron chi connectivity index (χ1n) is 5.67. The summed E-state index contributed by atoms with van der Waals surface area (Å²) in [7, 11) is 1.52. The molecule has 0 aliphatic heterocycles. The average Bonchev–Trinajstić information content (AvgIpc) is 3.02. The number of nitrogens with one attached hydrogen (secondary N) is 1. The van der Waals surface area contributed by atoms with Crippen molar-refractivity contribution in [3.63, 3.8) is 0 Å². The minimum Gasteiger partial charge on any atom is -0.390 e. The third kappa shape index (κ3) is 1.59. The number of carbonyl (C=O) groups excluding carboxylic acids is 1. The van der Waals surface area contributed by atoms with Crippen molar-refractivity contribution in [2.24, 2.45) is 0 Å². The van der Waals surface area contributed by atoms with Crippen LogP contribution in [0.4, 0.5) is 5.00 Å². The zero-order valence-corrected chi connectivity index (χ0v) is 10.6. The lowest BCUT2D eigenvalue weighted by Gasteiger charge is -1.96. The summed E-state index contributed by atoms with van der Waals surface area (Å²) in [5, 5.41) is 6.80. The van der Waals surface area contributed by atoms with Gasteiger partial charge in [0.25, 0.3) is 17.6 Å². The van der Waals surface area contributed by atoms with Crippen LogP contribution in [0.25, 0.3) is 11.5 Å². The summed E-state index contributed by atoms with van der Waals surface area (Å²) in [4.78, 5) is 16.8. The van der Waals surface area contributed by atoms with Crippen molar-refractivity contribution in [1.82, 2.24) is 15.5 Å². The fourth-order valence-corrected chi connectivity index (χ4v) is 3.34. The van der Waals surface area contributed by atoms with Gasteiger partial charge in [0, 0.05) is 11.9 Å². The molecule has 0 bridgehead atoms.